The summed E-state index contributed by atoms with van der Waals surface area (Å²) in [6, 6.07) is 8.47. The van der Waals surface area contributed by atoms with E-state index in [1.165, 1.54) is 5.56 Å². The molecule has 0 saturated heterocycles. The van der Waals surface area contributed by atoms with Gasteiger partial charge in [-0.05, 0) is 32.4 Å². The summed E-state index contributed by atoms with van der Waals surface area (Å²) in [6.07, 6.45) is 1.41. The Morgan fingerprint density at radius 1 is 1.33 bits per heavy atom. The molecule has 2 unspecified atom stereocenters. The van der Waals surface area contributed by atoms with Gasteiger partial charge >= 0.3 is 0 Å². The van der Waals surface area contributed by atoms with E-state index in [0.717, 1.165) is 12.0 Å². The molecular weight excluding hydrogens is 224 g/mol. The second-order valence-electron chi connectivity index (χ2n) is 4.92. The van der Waals surface area contributed by atoms with Gasteiger partial charge in [-0.3, -0.25) is 4.79 Å². The molecular formula is C15H24N2O. The lowest BCUT2D eigenvalue weighted by molar-refractivity contribution is -0.122. The third-order valence-electron chi connectivity index (χ3n) is 3.28. The van der Waals surface area contributed by atoms with Crippen LogP contribution in [0.4, 0.5) is 0 Å². The number of carbonyl (C=O) groups excluding carboxylic acids is 1. The van der Waals surface area contributed by atoms with Gasteiger partial charge in [-0.1, -0.05) is 36.8 Å². The molecule has 0 heterocycles. The number of carbonyl (C=O) groups is 1. The fraction of sp³-hybridized carbons (Fsp3) is 0.533. The summed E-state index contributed by atoms with van der Waals surface area (Å²) in [5.41, 5.74) is 8.14. The molecule has 0 aromatic heterocycles. The van der Waals surface area contributed by atoms with Gasteiger partial charge in [0.15, 0.2) is 0 Å². The zero-order valence-electron chi connectivity index (χ0n) is 11.6. The topological polar surface area (TPSA) is 55.1 Å². The van der Waals surface area contributed by atoms with Crippen molar-refractivity contribution in [2.75, 3.05) is 6.54 Å². The molecule has 1 aromatic rings. The van der Waals surface area contributed by atoms with Crippen LogP contribution in [0.5, 0.6) is 0 Å². The zero-order chi connectivity index (χ0) is 13.5. The van der Waals surface area contributed by atoms with Gasteiger partial charge in [-0.2, -0.15) is 0 Å². The van der Waals surface area contributed by atoms with Gasteiger partial charge < -0.3 is 11.1 Å². The zero-order valence-corrected chi connectivity index (χ0v) is 11.6. The van der Waals surface area contributed by atoms with Crippen LogP contribution >= 0.6 is 0 Å². The van der Waals surface area contributed by atoms with Crippen molar-refractivity contribution in [1.29, 1.82) is 0 Å². The van der Waals surface area contributed by atoms with Crippen molar-refractivity contribution in [3.8, 4) is 0 Å². The van der Waals surface area contributed by atoms with E-state index in [1.807, 2.05) is 6.92 Å². The average molecular weight is 248 g/mol. The van der Waals surface area contributed by atoms with Gasteiger partial charge in [0.05, 0.1) is 0 Å². The van der Waals surface area contributed by atoms with Crippen LogP contribution in [0.25, 0.3) is 0 Å². The molecule has 0 aliphatic rings. The molecule has 1 rings (SSSR count). The second kappa shape index (κ2) is 7.17. The van der Waals surface area contributed by atoms with Crippen LogP contribution in [-0.2, 0) is 4.79 Å². The molecule has 0 fully saturated rings. The molecule has 100 valence electrons. The molecule has 0 bridgehead atoms. The predicted octanol–water partition coefficient (Wildman–Crippen LogP) is 2.34. The average Bonchev–Trinajstić information content (AvgIpc) is 2.37. The van der Waals surface area contributed by atoms with Gasteiger partial charge in [-0.25, -0.2) is 0 Å². The van der Waals surface area contributed by atoms with Crippen LogP contribution in [0.15, 0.2) is 24.3 Å². The highest BCUT2D eigenvalue weighted by atomic mass is 16.1. The second-order valence-corrected chi connectivity index (χ2v) is 4.92. The Bertz CT molecular complexity index is 373. The van der Waals surface area contributed by atoms with E-state index >= 15 is 0 Å². The molecule has 3 nitrogen and oxygen atoms in total. The first-order valence-corrected chi connectivity index (χ1v) is 6.62. The first-order valence-electron chi connectivity index (χ1n) is 6.62. The van der Waals surface area contributed by atoms with E-state index in [4.69, 9.17) is 5.73 Å². The van der Waals surface area contributed by atoms with Crippen molar-refractivity contribution in [2.24, 2.45) is 5.73 Å². The standard InChI is InChI=1S/C15H24N2O/c1-4-12(3)17-15(18)9-14(10-16)13-7-5-11(2)6-8-13/h5-8,12,14H,4,9-10,16H2,1-3H3,(H,17,18). The van der Waals surface area contributed by atoms with Gasteiger partial charge in [0.1, 0.15) is 0 Å². The number of nitrogens with two attached hydrogens (primary N) is 1. The number of rotatable bonds is 6. The summed E-state index contributed by atoms with van der Waals surface area (Å²) in [5, 5.41) is 2.98. The minimum Gasteiger partial charge on any atom is -0.354 e. The molecule has 0 aliphatic heterocycles. The Labute approximate surface area is 110 Å². The van der Waals surface area contributed by atoms with E-state index in [1.54, 1.807) is 0 Å². The monoisotopic (exact) mass is 248 g/mol. The van der Waals surface area contributed by atoms with Gasteiger partial charge in [0, 0.05) is 18.4 Å². The van der Waals surface area contributed by atoms with Crippen LogP contribution in [0.2, 0.25) is 0 Å². The minimum absolute atomic E-state index is 0.0837. The summed E-state index contributed by atoms with van der Waals surface area (Å²) in [4.78, 5) is 11.9. The van der Waals surface area contributed by atoms with Gasteiger partial charge in [0.2, 0.25) is 5.91 Å². The van der Waals surface area contributed by atoms with Crippen molar-refractivity contribution in [2.45, 2.75) is 45.6 Å². The summed E-state index contributed by atoms with van der Waals surface area (Å²) in [5.74, 6) is 0.190. The van der Waals surface area contributed by atoms with Crippen LogP contribution in [0, 0.1) is 6.92 Å². The minimum atomic E-state index is 0.0837. The Kier molecular flexibility index (Phi) is 5.86. The quantitative estimate of drug-likeness (QED) is 0.812. The maximum Gasteiger partial charge on any atom is 0.220 e. The molecule has 1 aromatic carbocycles. The largest absolute Gasteiger partial charge is 0.354 e. The molecule has 3 heteroatoms. The molecule has 0 spiro atoms. The van der Waals surface area contributed by atoms with E-state index in [-0.39, 0.29) is 17.9 Å². The highest BCUT2D eigenvalue weighted by Crippen LogP contribution is 2.19. The Morgan fingerprint density at radius 3 is 2.44 bits per heavy atom. The third kappa shape index (κ3) is 4.49. The lowest BCUT2D eigenvalue weighted by Crippen LogP contribution is -2.33. The Morgan fingerprint density at radius 2 is 1.94 bits per heavy atom. The molecule has 18 heavy (non-hydrogen) atoms. The summed E-state index contributed by atoms with van der Waals surface area (Å²) in [6.45, 7) is 6.63. The highest BCUT2D eigenvalue weighted by molar-refractivity contribution is 5.77. The number of aryl methyl sites for hydroxylation is 1. The molecule has 0 aliphatic carbocycles. The maximum absolute atomic E-state index is 11.9. The smallest absolute Gasteiger partial charge is 0.220 e. The van der Waals surface area contributed by atoms with Crippen molar-refractivity contribution < 1.29 is 4.79 Å². The predicted molar refractivity (Wildman–Crippen MR) is 75.5 cm³/mol. The number of nitrogens with one attached hydrogen (secondary N) is 1. The van der Waals surface area contributed by atoms with Crippen LogP contribution in [0.1, 0.15) is 43.7 Å². The first-order chi connectivity index (χ1) is 8.56. The number of amides is 1. The molecule has 0 saturated carbocycles. The number of hydrogen-bond donors (Lipinski definition) is 2. The van der Waals surface area contributed by atoms with Crippen LogP contribution < -0.4 is 11.1 Å². The normalized spacial score (nSPS) is 14.0. The molecule has 2 atom stereocenters. The van der Waals surface area contributed by atoms with Gasteiger partial charge in [0.25, 0.3) is 0 Å². The van der Waals surface area contributed by atoms with Crippen molar-refractivity contribution in [3.63, 3.8) is 0 Å². The third-order valence-corrected chi connectivity index (χ3v) is 3.28. The summed E-state index contributed by atoms with van der Waals surface area (Å²) < 4.78 is 0. The molecule has 3 N–H and O–H groups in total. The lowest BCUT2D eigenvalue weighted by Gasteiger charge is -2.17. The number of benzene rings is 1. The number of hydrogen-bond acceptors (Lipinski definition) is 2. The van der Waals surface area contributed by atoms with Crippen molar-refractivity contribution in [3.05, 3.63) is 35.4 Å². The van der Waals surface area contributed by atoms with Crippen LogP contribution in [0.3, 0.4) is 0 Å². The van der Waals surface area contributed by atoms with Crippen molar-refractivity contribution in [1.82, 2.24) is 5.32 Å². The molecule has 0 radical (unpaired) electrons. The highest BCUT2D eigenvalue weighted by Gasteiger charge is 2.15. The van der Waals surface area contributed by atoms with E-state index in [2.05, 4.69) is 43.4 Å². The van der Waals surface area contributed by atoms with Crippen LogP contribution in [-0.4, -0.2) is 18.5 Å². The first kappa shape index (κ1) is 14.7. The molecule has 1 amide bonds. The van der Waals surface area contributed by atoms with E-state index in [9.17, 15) is 4.79 Å². The SMILES string of the molecule is CCC(C)NC(=O)CC(CN)c1ccc(C)cc1. The van der Waals surface area contributed by atoms with Gasteiger partial charge in [-0.15, -0.1) is 0 Å². The fourth-order valence-electron chi connectivity index (χ4n) is 1.84. The Balaban J connectivity index is 2.61. The summed E-state index contributed by atoms with van der Waals surface area (Å²) >= 11 is 0. The fourth-order valence-corrected chi connectivity index (χ4v) is 1.84. The lowest BCUT2D eigenvalue weighted by atomic mass is 9.94. The Hall–Kier alpha value is -1.35. The van der Waals surface area contributed by atoms with E-state index in [0.29, 0.717) is 13.0 Å². The van der Waals surface area contributed by atoms with E-state index < -0.39 is 0 Å². The van der Waals surface area contributed by atoms with Crippen molar-refractivity contribution >= 4 is 5.91 Å². The summed E-state index contributed by atoms with van der Waals surface area (Å²) in [7, 11) is 0. The maximum atomic E-state index is 11.9.